The summed E-state index contributed by atoms with van der Waals surface area (Å²) in [5, 5.41) is 11.0. The van der Waals surface area contributed by atoms with Crippen LogP contribution >= 0.6 is 11.8 Å². The summed E-state index contributed by atoms with van der Waals surface area (Å²) in [7, 11) is 0. The standard InChI is InChI=1S/C15H17N3O2S/c1-9(2)21-12-5-3-4-11(8-12)14-17-18-15(20-14)16-13(19)10-6-7-10/h3-5,8-10H,6-7H2,1-2H3,(H,16,18,19). The minimum absolute atomic E-state index is 0.0330. The van der Waals surface area contributed by atoms with Gasteiger partial charge in [0.25, 0.3) is 0 Å². The molecule has 1 aliphatic rings. The van der Waals surface area contributed by atoms with Gasteiger partial charge in [0, 0.05) is 21.6 Å². The summed E-state index contributed by atoms with van der Waals surface area (Å²) in [6.07, 6.45) is 1.89. The number of thioether (sulfide) groups is 1. The van der Waals surface area contributed by atoms with E-state index in [4.69, 9.17) is 4.42 Å². The van der Waals surface area contributed by atoms with Gasteiger partial charge in [0.15, 0.2) is 0 Å². The maximum Gasteiger partial charge on any atom is 0.322 e. The Bertz CT molecular complexity index is 650. The van der Waals surface area contributed by atoms with Crippen molar-refractivity contribution in [3.63, 3.8) is 0 Å². The van der Waals surface area contributed by atoms with Crippen molar-refractivity contribution >= 4 is 23.7 Å². The highest BCUT2D eigenvalue weighted by Crippen LogP contribution is 2.31. The molecule has 1 heterocycles. The molecule has 0 aliphatic heterocycles. The molecule has 0 radical (unpaired) electrons. The van der Waals surface area contributed by atoms with Gasteiger partial charge in [0.05, 0.1) is 0 Å². The van der Waals surface area contributed by atoms with E-state index < -0.39 is 0 Å². The molecule has 0 bridgehead atoms. The van der Waals surface area contributed by atoms with Crippen LogP contribution in [0.2, 0.25) is 0 Å². The molecular formula is C15H17N3O2S. The first kappa shape index (κ1) is 14.1. The van der Waals surface area contributed by atoms with Crippen LogP contribution in [-0.4, -0.2) is 21.4 Å². The minimum Gasteiger partial charge on any atom is -0.403 e. The van der Waals surface area contributed by atoms with Crippen LogP contribution in [0.25, 0.3) is 11.5 Å². The molecular weight excluding hydrogens is 286 g/mol. The van der Waals surface area contributed by atoms with E-state index in [1.54, 1.807) is 11.8 Å². The lowest BCUT2D eigenvalue weighted by Crippen LogP contribution is -2.13. The summed E-state index contributed by atoms with van der Waals surface area (Å²) in [5.41, 5.74) is 0.861. The van der Waals surface area contributed by atoms with Crippen molar-refractivity contribution in [2.75, 3.05) is 5.32 Å². The van der Waals surface area contributed by atoms with E-state index in [0.29, 0.717) is 11.1 Å². The third-order valence-corrected chi connectivity index (χ3v) is 4.05. The highest BCUT2D eigenvalue weighted by molar-refractivity contribution is 7.99. The quantitative estimate of drug-likeness (QED) is 0.855. The molecule has 0 saturated heterocycles. The lowest BCUT2D eigenvalue weighted by Gasteiger charge is -2.05. The van der Waals surface area contributed by atoms with Crippen LogP contribution in [0, 0.1) is 5.92 Å². The Morgan fingerprint density at radius 2 is 2.19 bits per heavy atom. The van der Waals surface area contributed by atoms with Gasteiger partial charge in [-0.2, -0.15) is 0 Å². The average Bonchev–Trinajstić information content (AvgIpc) is 3.19. The molecule has 0 atom stereocenters. The van der Waals surface area contributed by atoms with Gasteiger partial charge < -0.3 is 4.42 Å². The number of hydrogen-bond donors (Lipinski definition) is 1. The number of aromatic nitrogens is 2. The first-order valence-corrected chi connectivity index (χ1v) is 7.91. The van der Waals surface area contributed by atoms with Crippen molar-refractivity contribution in [3.8, 4) is 11.5 Å². The fourth-order valence-electron chi connectivity index (χ4n) is 1.92. The summed E-state index contributed by atoms with van der Waals surface area (Å²) in [5.74, 6) is 0.507. The van der Waals surface area contributed by atoms with Gasteiger partial charge >= 0.3 is 6.01 Å². The highest BCUT2D eigenvalue weighted by Gasteiger charge is 2.30. The van der Waals surface area contributed by atoms with Crippen LogP contribution in [0.5, 0.6) is 0 Å². The fourth-order valence-corrected chi connectivity index (χ4v) is 2.81. The van der Waals surface area contributed by atoms with Crippen molar-refractivity contribution < 1.29 is 9.21 Å². The van der Waals surface area contributed by atoms with E-state index in [1.807, 2.05) is 18.2 Å². The number of amides is 1. The number of carbonyl (C=O) groups is 1. The minimum atomic E-state index is -0.0330. The SMILES string of the molecule is CC(C)Sc1cccc(-c2nnc(NC(=O)C3CC3)o2)c1. The zero-order valence-electron chi connectivity index (χ0n) is 12.0. The summed E-state index contributed by atoms with van der Waals surface area (Å²) in [6.45, 7) is 4.30. The Hall–Kier alpha value is -1.82. The van der Waals surface area contributed by atoms with Crippen molar-refractivity contribution in [1.82, 2.24) is 10.2 Å². The summed E-state index contributed by atoms with van der Waals surface area (Å²) < 4.78 is 5.51. The molecule has 1 aromatic heterocycles. The molecule has 0 spiro atoms. The normalized spacial score (nSPS) is 14.4. The van der Waals surface area contributed by atoms with E-state index in [0.717, 1.165) is 23.3 Å². The summed E-state index contributed by atoms with van der Waals surface area (Å²) >= 11 is 1.78. The van der Waals surface area contributed by atoms with Crippen LogP contribution < -0.4 is 5.32 Å². The monoisotopic (exact) mass is 303 g/mol. The zero-order chi connectivity index (χ0) is 14.8. The first-order chi connectivity index (χ1) is 10.1. The van der Waals surface area contributed by atoms with E-state index in [1.165, 1.54) is 0 Å². The van der Waals surface area contributed by atoms with Crippen molar-refractivity contribution in [2.24, 2.45) is 5.92 Å². The maximum absolute atomic E-state index is 11.7. The van der Waals surface area contributed by atoms with Gasteiger partial charge in [0.2, 0.25) is 11.8 Å². The second-order valence-electron chi connectivity index (χ2n) is 5.37. The third kappa shape index (κ3) is 3.64. The summed E-state index contributed by atoms with van der Waals surface area (Å²) in [4.78, 5) is 12.8. The number of anilines is 1. The molecule has 21 heavy (non-hydrogen) atoms. The zero-order valence-corrected chi connectivity index (χ0v) is 12.8. The molecule has 1 aliphatic carbocycles. The van der Waals surface area contributed by atoms with Gasteiger partial charge in [0.1, 0.15) is 0 Å². The molecule has 5 nitrogen and oxygen atoms in total. The van der Waals surface area contributed by atoms with Crippen LogP contribution in [0.4, 0.5) is 6.01 Å². The second-order valence-corrected chi connectivity index (χ2v) is 7.02. The molecule has 3 rings (SSSR count). The van der Waals surface area contributed by atoms with E-state index >= 15 is 0 Å². The van der Waals surface area contributed by atoms with Crippen molar-refractivity contribution in [2.45, 2.75) is 36.8 Å². The molecule has 2 aromatic rings. The van der Waals surface area contributed by atoms with E-state index in [9.17, 15) is 4.79 Å². The Morgan fingerprint density at radius 3 is 2.90 bits per heavy atom. The van der Waals surface area contributed by atoms with Gasteiger partial charge in [-0.25, -0.2) is 0 Å². The summed E-state index contributed by atoms with van der Waals surface area (Å²) in [6, 6.07) is 8.13. The molecule has 1 aromatic carbocycles. The molecule has 1 fully saturated rings. The van der Waals surface area contributed by atoms with Crippen LogP contribution in [0.15, 0.2) is 33.6 Å². The smallest absolute Gasteiger partial charge is 0.322 e. The third-order valence-electron chi connectivity index (χ3n) is 3.06. The Kier molecular flexibility index (Phi) is 3.96. The largest absolute Gasteiger partial charge is 0.403 e. The molecule has 6 heteroatoms. The fraction of sp³-hybridized carbons (Fsp3) is 0.400. The first-order valence-electron chi connectivity index (χ1n) is 7.03. The van der Waals surface area contributed by atoms with Crippen LogP contribution in [-0.2, 0) is 4.79 Å². The number of nitrogens with zero attached hydrogens (tertiary/aromatic N) is 2. The van der Waals surface area contributed by atoms with Crippen LogP contribution in [0.1, 0.15) is 26.7 Å². The molecule has 1 N–H and O–H groups in total. The predicted octanol–water partition coefficient (Wildman–Crippen LogP) is 3.59. The number of hydrogen-bond acceptors (Lipinski definition) is 5. The lowest BCUT2D eigenvalue weighted by molar-refractivity contribution is -0.117. The number of rotatable bonds is 5. The molecule has 110 valence electrons. The van der Waals surface area contributed by atoms with Gasteiger partial charge in [-0.05, 0) is 31.0 Å². The Morgan fingerprint density at radius 1 is 1.38 bits per heavy atom. The Balaban J connectivity index is 1.74. The number of benzene rings is 1. The predicted molar refractivity (Wildman–Crippen MR) is 82.1 cm³/mol. The molecule has 0 unspecified atom stereocenters. The lowest BCUT2D eigenvalue weighted by atomic mass is 10.2. The van der Waals surface area contributed by atoms with Gasteiger partial charge in [-0.1, -0.05) is 25.0 Å². The molecule has 1 saturated carbocycles. The van der Waals surface area contributed by atoms with Crippen LogP contribution in [0.3, 0.4) is 0 Å². The van der Waals surface area contributed by atoms with E-state index in [-0.39, 0.29) is 17.8 Å². The number of carbonyl (C=O) groups excluding carboxylic acids is 1. The van der Waals surface area contributed by atoms with Crippen molar-refractivity contribution in [1.29, 1.82) is 0 Å². The number of nitrogens with one attached hydrogen (secondary N) is 1. The Labute approximate surface area is 127 Å². The van der Waals surface area contributed by atoms with Crippen molar-refractivity contribution in [3.05, 3.63) is 24.3 Å². The van der Waals surface area contributed by atoms with Gasteiger partial charge in [-0.3, -0.25) is 10.1 Å². The van der Waals surface area contributed by atoms with Gasteiger partial charge in [-0.15, -0.1) is 16.9 Å². The highest BCUT2D eigenvalue weighted by atomic mass is 32.2. The average molecular weight is 303 g/mol. The topological polar surface area (TPSA) is 68.0 Å². The van der Waals surface area contributed by atoms with E-state index in [2.05, 4.69) is 35.4 Å². The maximum atomic E-state index is 11.7. The molecule has 1 amide bonds. The second kappa shape index (κ2) is 5.89.